The highest BCUT2D eigenvalue weighted by Crippen LogP contribution is 2.36. The van der Waals surface area contributed by atoms with Gasteiger partial charge in [-0.25, -0.2) is 0 Å². The zero-order chi connectivity index (χ0) is 10.1. The van der Waals surface area contributed by atoms with E-state index in [1.54, 1.807) is 12.1 Å². The van der Waals surface area contributed by atoms with Gasteiger partial charge in [-0.15, -0.1) is 0 Å². The van der Waals surface area contributed by atoms with Gasteiger partial charge in [0.2, 0.25) is 0 Å². The number of hydrogen-bond donors (Lipinski definition) is 1. The quantitative estimate of drug-likeness (QED) is 0.777. The lowest BCUT2D eigenvalue weighted by atomic mass is 10.2. The lowest BCUT2D eigenvalue weighted by Gasteiger charge is -2.24. The van der Waals surface area contributed by atoms with Crippen molar-refractivity contribution in [2.24, 2.45) is 0 Å². The summed E-state index contributed by atoms with van der Waals surface area (Å²) < 4.78 is 11.0. The molecule has 1 aromatic carbocycles. The van der Waals surface area contributed by atoms with Crippen molar-refractivity contribution >= 4 is 11.6 Å². The van der Waals surface area contributed by atoms with Gasteiger partial charge in [0, 0.05) is 6.07 Å². The van der Waals surface area contributed by atoms with Gasteiger partial charge in [0.25, 0.3) is 0 Å². The second-order valence-electron chi connectivity index (χ2n) is 3.29. The molecule has 0 radical (unpaired) electrons. The SMILES string of the molecule is CC1COc2cc(CO)c(Cl)cc2O1. The van der Waals surface area contributed by atoms with Crippen molar-refractivity contribution in [2.45, 2.75) is 19.6 Å². The minimum absolute atomic E-state index is 0.0403. The van der Waals surface area contributed by atoms with Crippen molar-refractivity contribution in [1.82, 2.24) is 0 Å². The van der Waals surface area contributed by atoms with Gasteiger partial charge in [0.15, 0.2) is 11.5 Å². The summed E-state index contributed by atoms with van der Waals surface area (Å²) in [5.74, 6) is 1.29. The second-order valence-corrected chi connectivity index (χ2v) is 3.70. The summed E-state index contributed by atoms with van der Waals surface area (Å²) in [5, 5.41) is 9.49. The maximum absolute atomic E-state index is 8.99. The fraction of sp³-hybridized carbons (Fsp3) is 0.400. The summed E-state index contributed by atoms with van der Waals surface area (Å²) in [6.07, 6.45) is 0.0403. The van der Waals surface area contributed by atoms with E-state index in [4.69, 9.17) is 26.2 Å². The molecule has 1 unspecified atom stereocenters. The lowest BCUT2D eigenvalue weighted by Crippen LogP contribution is -2.25. The molecule has 0 bridgehead atoms. The van der Waals surface area contributed by atoms with Crippen LogP contribution in [0.3, 0.4) is 0 Å². The minimum Gasteiger partial charge on any atom is -0.486 e. The Kier molecular flexibility index (Phi) is 2.52. The number of halogens is 1. The van der Waals surface area contributed by atoms with Crippen LogP contribution in [0.15, 0.2) is 12.1 Å². The maximum Gasteiger partial charge on any atom is 0.163 e. The first-order valence-corrected chi connectivity index (χ1v) is 4.81. The molecule has 1 atom stereocenters. The first-order valence-electron chi connectivity index (χ1n) is 4.43. The average Bonchev–Trinajstić information content (AvgIpc) is 2.16. The number of aliphatic hydroxyl groups is 1. The Morgan fingerprint density at radius 3 is 3.00 bits per heavy atom. The van der Waals surface area contributed by atoms with Crippen molar-refractivity contribution in [3.63, 3.8) is 0 Å². The molecule has 4 heteroatoms. The fourth-order valence-corrected chi connectivity index (χ4v) is 1.57. The highest BCUT2D eigenvalue weighted by molar-refractivity contribution is 6.31. The van der Waals surface area contributed by atoms with Crippen LogP contribution >= 0.6 is 11.6 Å². The topological polar surface area (TPSA) is 38.7 Å². The Balaban J connectivity index is 2.40. The number of aliphatic hydroxyl groups excluding tert-OH is 1. The molecule has 1 N–H and O–H groups in total. The van der Waals surface area contributed by atoms with E-state index in [-0.39, 0.29) is 12.7 Å². The summed E-state index contributed by atoms with van der Waals surface area (Å²) in [5.41, 5.74) is 0.656. The molecule has 14 heavy (non-hydrogen) atoms. The standard InChI is InChI=1S/C10H11ClO3/c1-6-5-13-9-2-7(4-12)8(11)3-10(9)14-6/h2-3,6,12H,4-5H2,1H3. The van der Waals surface area contributed by atoms with E-state index in [1.165, 1.54) is 0 Å². The molecule has 0 aliphatic carbocycles. The third-order valence-corrected chi connectivity index (χ3v) is 2.44. The van der Waals surface area contributed by atoms with Crippen molar-refractivity contribution < 1.29 is 14.6 Å². The molecule has 1 aliphatic rings. The molecule has 3 nitrogen and oxygen atoms in total. The average molecular weight is 215 g/mol. The molecule has 0 aromatic heterocycles. The molecule has 1 heterocycles. The van der Waals surface area contributed by atoms with Crippen molar-refractivity contribution in [3.05, 3.63) is 22.7 Å². The van der Waals surface area contributed by atoms with E-state index in [9.17, 15) is 0 Å². The van der Waals surface area contributed by atoms with Gasteiger partial charge in [0.05, 0.1) is 11.6 Å². The molecule has 0 saturated carbocycles. The number of ether oxygens (including phenoxy) is 2. The van der Waals surface area contributed by atoms with Crippen molar-refractivity contribution in [3.8, 4) is 11.5 Å². The zero-order valence-corrected chi connectivity index (χ0v) is 8.54. The number of fused-ring (bicyclic) bond motifs is 1. The van der Waals surface area contributed by atoms with Crippen LogP contribution in [0.1, 0.15) is 12.5 Å². The maximum atomic E-state index is 8.99. The van der Waals surface area contributed by atoms with Gasteiger partial charge in [-0.1, -0.05) is 11.6 Å². The third kappa shape index (κ3) is 1.65. The summed E-state index contributed by atoms with van der Waals surface area (Å²) in [6.45, 7) is 2.36. The first-order chi connectivity index (χ1) is 6.70. The summed E-state index contributed by atoms with van der Waals surface area (Å²) in [7, 11) is 0. The Hall–Kier alpha value is -0.930. The normalized spacial score (nSPS) is 19.5. The Bertz CT molecular complexity index is 351. The Labute approximate surface area is 87.2 Å². The summed E-state index contributed by atoms with van der Waals surface area (Å²) in [6, 6.07) is 3.39. The Morgan fingerprint density at radius 1 is 1.50 bits per heavy atom. The molecule has 1 aromatic rings. The van der Waals surface area contributed by atoms with Crippen LogP contribution in [0.5, 0.6) is 11.5 Å². The molecule has 0 spiro atoms. The van der Waals surface area contributed by atoms with Crippen LogP contribution in [-0.4, -0.2) is 17.8 Å². The van der Waals surface area contributed by atoms with Crippen LogP contribution in [-0.2, 0) is 6.61 Å². The highest BCUT2D eigenvalue weighted by atomic mass is 35.5. The molecule has 0 fully saturated rings. The molecular weight excluding hydrogens is 204 g/mol. The molecule has 0 amide bonds. The predicted octanol–water partition coefficient (Wildman–Crippen LogP) is 1.99. The smallest absolute Gasteiger partial charge is 0.163 e. The number of benzene rings is 1. The van der Waals surface area contributed by atoms with Crippen LogP contribution in [0.25, 0.3) is 0 Å². The molecular formula is C10H11ClO3. The largest absolute Gasteiger partial charge is 0.486 e. The van der Waals surface area contributed by atoms with E-state index in [2.05, 4.69) is 0 Å². The number of rotatable bonds is 1. The number of hydrogen-bond acceptors (Lipinski definition) is 3. The monoisotopic (exact) mass is 214 g/mol. The Morgan fingerprint density at radius 2 is 2.29 bits per heavy atom. The van der Waals surface area contributed by atoms with E-state index < -0.39 is 0 Å². The minimum atomic E-state index is -0.0922. The second kappa shape index (κ2) is 3.67. The molecule has 2 rings (SSSR count). The summed E-state index contributed by atoms with van der Waals surface area (Å²) >= 11 is 5.91. The van der Waals surface area contributed by atoms with Crippen LogP contribution in [0.2, 0.25) is 5.02 Å². The van der Waals surface area contributed by atoms with E-state index >= 15 is 0 Å². The van der Waals surface area contributed by atoms with Crippen LogP contribution < -0.4 is 9.47 Å². The first kappa shape index (κ1) is 9.62. The van der Waals surface area contributed by atoms with Gasteiger partial charge in [-0.2, -0.15) is 0 Å². The van der Waals surface area contributed by atoms with Gasteiger partial charge in [0.1, 0.15) is 12.7 Å². The van der Waals surface area contributed by atoms with Gasteiger partial charge < -0.3 is 14.6 Å². The summed E-state index contributed by atoms with van der Waals surface area (Å²) in [4.78, 5) is 0. The van der Waals surface area contributed by atoms with E-state index in [0.29, 0.717) is 28.7 Å². The van der Waals surface area contributed by atoms with Crippen molar-refractivity contribution in [2.75, 3.05) is 6.61 Å². The zero-order valence-electron chi connectivity index (χ0n) is 7.79. The van der Waals surface area contributed by atoms with Crippen LogP contribution in [0.4, 0.5) is 0 Å². The third-order valence-electron chi connectivity index (χ3n) is 2.08. The van der Waals surface area contributed by atoms with Gasteiger partial charge in [-0.3, -0.25) is 0 Å². The van der Waals surface area contributed by atoms with Crippen molar-refractivity contribution in [1.29, 1.82) is 0 Å². The van der Waals surface area contributed by atoms with E-state index in [0.717, 1.165) is 0 Å². The highest BCUT2D eigenvalue weighted by Gasteiger charge is 2.18. The lowest BCUT2D eigenvalue weighted by molar-refractivity contribution is 0.104. The van der Waals surface area contributed by atoms with Gasteiger partial charge in [-0.05, 0) is 18.6 Å². The van der Waals surface area contributed by atoms with Crippen LogP contribution in [0, 0.1) is 0 Å². The van der Waals surface area contributed by atoms with E-state index in [1.807, 2.05) is 6.92 Å². The fourth-order valence-electron chi connectivity index (χ4n) is 1.36. The predicted molar refractivity (Wildman–Crippen MR) is 53.0 cm³/mol. The molecule has 1 aliphatic heterocycles. The molecule has 76 valence electrons. The van der Waals surface area contributed by atoms with Gasteiger partial charge >= 0.3 is 0 Å². The molecule has 0 saturated heterocycles.